The van der Waals surface area contributed by atoms with Gasteiger partial charge in [0.15, 0.2) is 0 Å². The summed E-state index contributed by atoms with van der Waals surface area (Å²) in [7, 11) is 0. The van der Waals surface area contributed by atoms with Gasteiger partial charge in [-0.2, -0.15) is 0 Å². The number of hydrogen-bond acceptors (Lipinski definition) is 3. The molecule has 2 aromatic rings. The molecule has 2 unspecified atom stereocenters. The molecule has 0 spiro atoms. The van der Waals surface area contributed by atoms with Crippen LogP contribution in [0.15, 0.2) is 59.2 Å². The molecule has 22 heavy (non-hydrogen) atoms. The molecule has 0 aliphatic carbocycles. The highest BCUT2D eigenvalue weighted by Crippen LogP contribution is 2.20. The van der Waals surface area contributed by atoms with Crippen molar-refractivity contribution in [2.75, 3.05) is 6.54 Å². The van der Waals surface area contributed by atoms with Crippen LogP contribution in [0.5, 0.6) is 0 Å². The Kier molecular flexibility index (Phi) is 5.98. The summed E-state index contributed by atoms with van der Waals surface area (Å²) in [6.45, 7) is 2.24. The smallest absolute Gasteiger partial charge is 0.244 e. The van der Waals surface area contributed by atoms with Gasteiger partial charge < -0.3 is 14.8 Å². The lowest BCUT2D eigenvalue weighted by Crippen LogP contribution is -2.28. The van der Waals surface area contributed by atoms with Gasteiger partial charge in [0.25, 0.3) is 0 Å². The second-order valence-electron chi connectivity index (χ2n) is 5.29. The normalized spacial score (nSPS) is 13.9. The summed E-state index contributed by atoms with van der Waals surface area (Å²) in [4.78, 5) is 11.9. The fourth-order valence-electron chi connectivity index (χ4n) is 2.30. The van der Waals surface area contributed by atoms with E-state index in [-0.39, 0.29) is 11.8 Å². The zero-order valence-corrected chi connectivity index (χ0v) is 12.6. The minimum absolute atomic E-state index is 0.0853. The first kappa shape index (κ1) is 16.0. The van der Waals surface area contributed by atoms with Gasteiger partial charge in [0.05, 0.1) is 12.4 Å². The van der Waals surface area contributed by atoms with Crippen LogP contribution in [0.2, 0.25) is 0 Å². The monoisotopic (exact) mass is 299 g/mol. The van der Waals surface area contributed by atoms with Gasteiger partial charge in [-0.3, -0.25) is 4.79 Å². The number of carbonyl (C=O) groups is 1. The second kappa shape index (κ2) is 8.20. The standard InChI is InChI=1S/C18H21NO3/c1-14(20)12-16(15-6-3-2-4-7-15)13-19-18(21)10-9-17-8-5-11-22-17/h2-11,14,16,20H,12-13H2,1H3,(H,19,21)/b10-9+. The van der Waals surface area contributed by atoms with E-state index in [9.17, 15) is 9.90 Å². The number of furan rings is 1. The van der Waals surface area contributed by atoms with Crippen LogP contribution in [0, 0.1) is 0 Å². The van der Waals surface area contributed by atoms with E-state index >= 15 is 0 Å². The summed E-state index contributed by atoms with van der Waals surface area (Å²) in [6, 6.07) is 13.4. The average molecular weight is 299 g/mol. The van der Waals surface area contributed by atoms with Crippen LogP contribution in [-0.2, 0) is 4.79 Å². The lowest BCUT2D eigenvalue weighted by molar-refractivity contribution is -0.116. The summed E-state index contributed by atoms with van der Waals surface area (Å²) in [6.07, 6.45) is 4.82. The van der Waals surface area contributed by atoms with E-state index in [0.717, 1.165) is 5.56 Å². The van der Waals surface area contributed by atoms with Gasteiger partial charge in [0.2, 0.25) is 5.91 Å². The van der Waals surface area contributed by atoms with Crippen molar-refractivity contribution in [1.82, 2.24) is 5.32 Å². The van der Waals surface area contributed by atoms with E-state index in [0.29, 0.717) is 18.7 Å². The maximum absolute atomic E-state index is 11.9. The summed E-state index contributed by atoms with van der Waals surface area (Å²) in [5.74, 6) is 0.545. The van der Waals surface area contributed by atoms with Gasteiger partial charge in [0.1, 0.15) is 5.76 Å². The Labute approximate surface area is 130 Å². The minimum Gasteiger partial charge on any atom is -0.465 e. The zero-order chi connectivity index (χ0) is 15.8. The summed E-state index contributed by atoms with van der Waals surface area (Å²) < 4.78 is 5.13. The third-order valence-corrected chi connectivity index (χ3v) is 3.36. The highest BCUT2D eigenvalue weighted by atomic mass is 16.3. The van der Waals surface area contributed by atoms with Crippen LogP contribution in [0.25, 0.3) is 6.08 Å². The molecule has 1 amide bonds. The Morgan fingerprint density at radius 2 is 2.05 bits per heavy atom. The number of benzene rings is 1. The molecular weight excluding hydrogens is 278 g/mol. The topological polar surface area (TPSA) is 62.5 Å². The number of carbonyl (C=O) groups excluding carboxylic acids is 1. The molecule has 0 radical (unpaired) electrons. The summed E-state index contributed by atoms with van der Waals surface area (Å²) in [5, 5.41) is 12.5. The van der Waals surface area contributed by atoms with E-state index in [2.05, 4.69) is 5.32 Å². The Balaban J connectivity index is 1.92. The summed E-state index contributed by atoms with van der Waals surface area (Å²) >= 11 is 0. The van der Waals surface area contributed by atoms with Gasteiger partial charge in [0, 0.05) is 18.5 Å². The second-order valence-corrected chi connectivity index (χ2v) is 5.29. The highest BCUT2D eigenvalue weighted by molar-refractivity contribution is 5.91. The van der Waals surface area contributed by atoms with Crippen LogP contribution in [0.1, 0.15) is 30.6 Å². The number of nitrogens with one attached hydrogen (secondary N) is 1. The Hall–Kier alpha value is -2.33. The van der Waals surface area contributed by atoms with E-state index < -0.39 is 6.10 Å². The van der Waals surface area contributed by atoms with E-state index in [1.165, 1.54) is 6.08 Å². The maximum atomic E-state index is 11.9. The van der Waals surface area contributed by atoms with E-state index in [1.807, 2.05) is 30.3 Å². The molecule has 2 atom stereocenters. The van der Waals surface area contributed by atoms with Gasteiger partial charge in [-0.25, -0.2) is 0 Å². The molecule has 1 heterocycles. The molecule has 1 aromatic carbocycles. The average Bonchev–Trinajstić information content (AvgIpc) is 3.03. The molecule has 1 aromatic heterocycles. The SMILES string of the molecule is CC(O)CC(CNC(=O)/C=C/c1ccco1)c1ccccc1. The molecule has 0 fully saturated rings. The van der Waals surface area contributed by atoms with Crippen molar-refractivity contribution >= 4 is 12.0 Å². The zero-order valence-electron chi connectivity index (χ0n) is 12.6. The molecular formula is C18H21NO3. The number of aliphatic hydroxyl groups is 1. The fourth-order valence-corrected chi connectivity index (χ4v) is 2.30. The Morgan fingerprint density at radius 1 is 1.27 bits per heavy atom. The molecule has 4 nitrogen and oxygen atoms in total. The summed E-state index contributed by atoms with van der Waals surface area (Å²) in [5.41, 5.74) is 1.11. The Bertz CT molecular complexity index is 588. The molecule has 0 aliphatic rings. The van der Waals surface area contributed by atoms with Crippen molar-refractivity contribution in [3.63, 3.8) is 0 Å². The van der Waals surface area contributed by atoms with Gasteiger partial charge in [-0.1, -0.05) is 30.3 Å². The highest BCUT2D eigenvalue weighted by Gasteiger charge is 2.14. The molecule has 2 rings (SSSR count). The largest absolute Gasteiger partial charge is 0.465 e. The van der Waals surface area contributed by atoms with Crippen molar-refractivity contribution in [1.29, 1.82) is 0 Å². The first-order valence-corrected chi connectivity index (χ1v) is 7.37. The molecule has 4 heteroatoms. The first-order chi connectivity index (χ1) is 10.6. The van der Waals surface area contributed by atoms with Crippen LogP contribution in [-0.4, -0.2) is 23.7 Å². The lowest BCUT2D eigenvalue weighted by atomic mass is 9.93. The van der Waals surface area contributed by atoms with Crippen LogP contribution in [0.3, 0.4) is 0 Å². The fraction of sp³-hybridized carbons (Fsp3) is 0.278. The van der Waals surface area contributed by atoms with E-state index in [1.54, 1.807) is 31.4 Å². The van der Waals surface area contributed by atoms with Crippen molar-refractivity contribution in [3.8, 4) is 0 Å². The first-order valence-electron chi connectivity index (χ1n) is 7.37. The van der Waals surface area contributed by atoms with Crippen molar-refractivity contribution in [2.45, 2.75) is 25.4 Å². The minimum atomic E-state index is -0.416. The quantitative estimate of drug-likeness (QED) is 0.773. The van der Waals surface area contributed by atoms with Crippen LogP contribution in [0.4, 0.5) is 0 Å². The van der Waals surface area contributed by atoms with Crippen molar-refractivity contribution < 1.29 is 14.3 Å². The van der Waals surface area contributed by atoms with Crippen molar-refractivity contribution in [3.05, 3.63) is 66.1 Å². The number of hydrogen-bond donors (Lipinski definition) is 2. The molecule has 2 N–H and O–H groups in total. The Morgan fingerprint density at radius 3 is 2.68 bits per heavy atom. The van der Waals surface area contributed by atoms with Crippen molar-refractivity contribution in [2.24, 2.45) is 0 Å². The van der Waals surface area contributed by atoms with Gasteiger partial charge >= 0.3 is 0 Å². The predicted molar refractivity (Wildman–Crippen MR) is 86.2 cm³/mol. The molecule has 0 aliphatic heterocycles. The molecule has 0 saturated heterocycles. The van der Waals surface area contributed by atoms with Gasteiger partial charge in [-0.15, -0.1) is 0 Å². The molecule has 0 saturated carbocycles. The maximum Gasteiger partial charge on any atom is 0.244 e. The van der Waals surface area contributed by atoms with Crippen LogP contribution >= 0.6 is 0 Å². The number of amides is 1. The predicted octanol–water partition coefficient (Wildman–Crippen LogP) is 2.96. The molecule has 116 valence electrons. The molecule has 0 bridgehead atoms. The van der Waals surface area contributed by atoms with Crippen LogP contribution < -0.4 is 5.32 Å². The van der Waals surface area contributed by atoms with E-state index in [4.69, 9.17) is 4.42 Å². The third kappa shape index (κ3) is 5.22. The number of aliphatic hydroxyl groups excluding tert-OH is 1. The van der Waals surface area contributed by atoms with Gasteiger partial charge in [-0.05, 0) is 37.1 Å². The third-order valence-electron chi connectivity index (χ3n) is 3.36. The number of rotatable bonds is 7. The lowest BCUT2D eigenvalue weighted by Gasteiger charge is -2.19.